The maximum atomic E-state index is 14.5. The van der Waals surface area contributed by atoms with Crippen LogP contribution in [0, 0.1) is 5.82 Å². The molecule has 1 fully saturated rings. The average molecular weight is 291 g/mol. The fraction of sp³-hybridized carbons (Fsp3) is 0.562. The predicted octanol–water partition coefficient (Wildman–Crippen LogP) is 1.92. The molecule has 2 aliphatic rings. The second-order valence-corrected chi connectivity index (χ2v) is 5.68. The summed E-state index contributed by atoms with van der Waals surface area (Å²) in [6, 6.07) is 5.59. The van der Waals surface area contributed by atoms with Gasteiger partial charge in [0.15, 0.2) is 0 Å². The van der Waals surface area contributed by atoms with Crippen LogP contribution >= 0.6 is 0 Å². The lowest BCUT2D eigenvalue weighted by Crippen LogP contribution is -2.40. The normalized spacial score (nSPS) is 22.1. The van der Waals surface area contributed by atoms with Gasteiger partial charge in [0, 0.05) is 31.3 Å². The monoisotopic (exact) mass is 291 g/mol. The smallest absolute Gasteiger partial charge is 0.147 e. The van der Waals surface area contributed by atoms with Gasteiger partial charge in [0.2, 0.25) is 0 Å². The molecule has 2 heterocycles. The minimum Gasteiger partial charge on any atom is -0.396 e. The molecule has 0 aliphatic carbocycles. The molecule has 0 aromatic heterocycles. The van der Waals surface area contributed by atoms with Gasteiger partial charge in [-0.2, -0.15) is 0 Å². The quantitative estimate of drug-likeness (QED) is 0.891. The summed E-state index contributed by atoms with van der Waals surface area (Å²) in [5, 5.41) is 12.4. The van der Waals surface area contributed by atoms with E-state index in [9.17, 15) is 9.50 Å². The summed E-state index contributed by atoms with van der Waals surface area (Å²) in [5.74, 6) is 0.583. The molecule has 1 unspecified atom stereocenters. The molecule has 4 nitrogen and oxygen atoms in total. The van der Waals surface area contributed by atoms with E-state index in [1.165, 1.54) is 0 Å². The van der Waals surface area contributed by atoms with Gasteiger partial charge in [-0.1, -0.05) is 0 Å². The number of aliphatic hydroxyl groups excluding tert-OH is 1. The third-order valence-corrected chi connectivity index (χ3v) is 4.29. The van der Waals surface area contributed by atoms with Gasteiger partial charge in [0.05, 0.1) is 12.2 Å². The van der Waals surface area contributed by atoms with E-state index in [0.29, 0.717) is 12.1 Å². The molecule has 21 heavy (non-hydrogen) atoms. The Morgan fingerprint density at radius 3 is 3.00 bits per heavy atom. The summed E-state index contributed by atoms with van der Waals surface area (Å²) in [7, 11) is 0. The topological polar surface area (TPSA) is 47.9 Å². The van der Waals surface area contributed by atoms with E-state index in [1.807, 2.05) is 12.1 Å². The molecule has 2 N–H and O–H groups in total. The SMILES string of the molecule is OCCC1CCCCN1c1ccc(C2=NCCN2)cc1F. The molecule has 5 heteroatoms. The molecule has 1 aromatic rings. The van der Waals surface area contributed by atoms with Crippen molar-refractivity contribution in [2.24, 2.45) is 4.99 Å². The first-order chi connectivity index (χ1) is 10.3. The summed E-state index contributed by atoms with van der Waals surface area (Å²) in [5.41, 5.74) is 1.46. The molecular weight excluding hydrogens is 269 g/mol. The Kier molecular flexibility index (Phi) is 4.39. The Hall–Kier alpha value is -1.62. The predicted molar refractivity (Wildman–Crippen MR) is 82.5 cm³/mol. The molecule has 0 bridgehead atoms. The van der Waals surface area contributed by atoms with Gasteiger partial charge in [-0.05, 0) is 43.9 Å². The molecule has 114 valence electrons. The maximum absolute atomic E-state index is 14.5. The highest BCUT2D eigenvalue weighted by Gasteiger charge is 2.24. The highest BCUT2D eigenvalue weighted by atomic mass is 19.1. The van der Waals surface area contributed by atoms with Gasteiger partial charge < -0.3 is 15.3 Å². The molecule has 0 radical (unpaired) electrons. The van der Waals surface area contributed by atoms with Crippen LogP contribution in [0.3, 0.4) is 0 Å². The Bertz CT molecular complexity index is 530. The second kappa shape index (κ2) is 6.43. The fourth-order valence-corrected chi connectivity index (χ4v) is 3.25. The minimum absolute atomic E-state index is 0.154. The number of nitrogens with one attached hydrogen (secondary N) is 1. The van der Waals surface area contributed by atoms with Gasteiger partial charge in [-0.3, -0.25) is 4.99 Å². The maximum Gasteiger partial charge on any atom is 0.147 e. The first kappa shape index (κ1) is 14.3. The number of aliphatic hydroxyl groups is 1. The Morgan fingerprint density at radius 1 is 1.38 bits per heavy atom. The number of amidine groups is 1. The molecule has 2 aliphatic heterocycles. The van der Waals surface area contributed by atoms with Crippen molar-refractivity contribution >= 4 is 11.5 Å². The number of rotatable bonds is 4. The minimum atomic E-state index is -0.200. The number of hydrogen-bond acceptors (Lipinski definition) is 4. The highest BCUT2D eigenvalue weighted by Crippen LogP contribution is 2.29. The number of aliphatic imine (C=N–C) groups is 1. The number of benzene rings is 1. The van der Waals surface area contributed by atoms with Crippen LogP contribution in [0.15, 0.2) is 23.2 Å². The largest absolute Gasteiger partial charge is 0.396 e. The lowest BCUT2D eigenvalue weighted by molar-refractivity contribution is 0.262. The van der Waals surface area contributed by atoms with Crippen LogP contribution in [0.2, 0.25) is 0 Å². The molecular formula is C16H22FN3O. The molecule has 1 atom stereocenters. The molecule has 3 rings (SSSR count). The first-order valence-corrected chi connectivity index (χ1v) is 7.75. The van der Waals surface area contributed by atoms with Crippen molar-refractivity contribution in [2.75, 3.05) is 31.1 Å². The zero-order chi connectivity index (χ0) is 14.7. The molecule has 0 amide bonds. The van der Waals surface area contributed by atoms with Crippen molar-refractivity contribution in [3.05, 3.63) is 29.6 Å². The summed E-state index contributed by atoms with van der Waals surface area (Å²) < 4.78 is 14.5. The van der Waals surface area contributed by atoms with Crippen LogP contribution in [0.25, 0.3) is 0 Å². The van der Waals surface area contributed by atoms with Gasteiger partial charge in [0.1, 0.15) is 11.7 Å². The molecule has 0 spiro atoms. The van der Waals surface area contributed by atoms with E-state index in [2.05, 4.69) is 15.2 Å². The Balaban J connectivity index is 1.84. The Labute approximate surface area is 124 Å². The number of anilines is 1. The lowest BCUT2D eigenvalue weighted by atomic mass is 9.98. The van der Waals surface area contributed by atoms with Crippen LogP contribution < -0.4 is 10.2 Å². The summed E-state index contributed by atoms with van der Waals surface area (Å²) in [6.45, 7) is 2.59. The van der Waals surface area contributed by atoms with Crippen molar-refractivity contribution in [2.45, 2.75) is 31.7 Å². The standard InChI is InChI=1S/C16H22FN3O/c17-14-11-12(16-18-7-8-19-16)4-5-15(14)20-9-2-1-3-13(20)6-10-21/h4-5,11,13,21H,1-3,6-10H2,(H,18,19). The third kappa shape index (κ3) is 3.02. The zero-order valence-corrected chi connectivity index (χ0v) is 12.2. The number of halogens is 1. The molecule has 0 saturated carbocycles. The van der Waals surface area contributed by atoms with Crippen molar-refractivity contribution in [3.8, 4) is 0 Å². The van der Waals surface area contributed by atoms with E-state index in [-0.39, 0.29) is 18.5 Å². The van der Waals surface area contributed by atoms with Crippen molar-refractivity contribution in [3.63, 3.8) is 0 Å². The van der Waals surface area contributed by atoms with Crippen molar-refractivity contribution in [1.82, 2.24) is 5.32 Å². The van der Waals surface area contributed by atoms with Crippen LogP contribution in [-0.4, -0.2) is 43.2 Å². The Morgan fingerprint density at radius 2 is 2.29 bits per heavy atom. The molecule has 1 aromatic carbocycles. The number of piperidine rings is 1. The average Bonchev–Trinajstić information content (AvgIpc) is 3.03. The molecule has 1 saturated heterocycles. The summed E-state index contributed by atoms with van der Waals surface area (Å²) in [4.78, 5) is 6.44. The van der Waals surface area contributed by atoms with E-state index < -0.39 is 0 Å². The van der Waals surface area contributed by atoms with Crippen LogP contribution in [0.1, 0.15) is 31.2 Å². The number of nitrogens with zero attached hydrogens (tertiary/aromatic N) is 2. The highest BCUT2D eigenvalue weighted by molar-refractivity contribution is 6.00. The van der Waals surface area contributed by atoms with Gasteiger partial charge in [-0.25, -0.2) is 4.39 Å². The van der Waals surface area contributed by atoms with E-state index in [4.69, 9.17) is 0 Å². The van der Waals surface area contributed by atoms with Crippen LogP contribution in [0.5, 0.6) is 0 Å². The second-order valence-electron chi connectivity index (χ2n) is 5.68. The third-order valence-electron chi connectivity index (χ3n) is 4.29. The summed E-state index contributed by atoms with van der Waals surface area (Å²) >= 11 is 0. The van der Waals surface area contributed by atoms with E-state index in [0.717, 1.165) is 50.3 Å². The van der Waals surface area contributed by atoms with Crippen LogP contribution in [-0.2, 0) is 0 Å². The van der Waals surface area contributed by atoms with Gasteiger partial charge in [0.25, 0.3) is 0 Å². The lowest BCUT2D eigenvalue weighted by Gasteiger charge is -2.37. The zero-order valence-electron chi connectivity index (χ0n) is 12.2. The van der Waals surface area contributed by atoms with Crippen LogP contribution in [0.4, 0.5) is 10.1 Å². The van der Waals surface area contributed by atoms with Gasteiger partial charge >= 0.3 is 0 Å². The summed E-state index contributed by atoms with van der Waals surface area (Å²) in [6.07, 6.45) is 3.96. The van der Waals surface area contributed by atoms with E-state index in [1.54, 1.807) is 6.07 Å². The fourth-order valence-electron chi connectivity index (χ4n) is 3.25. The van der Waals surface area contributed by atoms with Crippen molar-refractivity contribution < 1.29 is 9.50 Å². The number of hydrogen-bond donors (Lipinski definition) is 2. The van der Waals surface area contributed by atoms with Crippen molar-refractivity contribution in [1.29, 1.82) is 0 Å². The first-order valence-electron chi connectivity index (χ1n) is 7.75. The van der Waals surface area contributed by atoms with Gasteiger partial charge in [-0.15, -0.1) is 0 Å². The van der Waals surface area contributed by atoms with E-state index >= 15 is 0 Å².